The van der Waals surface area contributed by atoms with E-state index in [0.29, 0.717) is 5.69 Å². The molecule has 4 aromatic carbocycles. The molecule has 0 fully saturated rings. The predicted molar refractivity (Wildman–Crippen MR) is 207 cm³/mol. The van der Waals surface area contributed by atoms with Crippen LogP contribution < -0.4 is 0 Å². The zero-order valence-electron chi connectivity index (χ0n) is 27.9. The third-order valence-electron chi connectivity index (χ3n) is 9.24. The average Bonchev–Trinajstić information content (AvgIpc) is 3.95. The van der Waals surface area contributed by atoms with E-state index in [-0.39, 0.29) is 44.1 Å². The summed E-state index contributed by atoms with van der Waals surface area (Å²) in [6.45, 7) is 0. The average molecular weight is 874 g/mol. The summed E-state index contributed by atoms with van der Waals surface area (Å²) in [5, 5.41) is 41.7. The zero-order valence-corrected chi connectivity index (χ0v) is 30.2. The van der Waals surface area contributed by atoms with Gasteiger partial charge in [-0.3, -0.25) is 0 Å². The Morgan fingerprint density at radius 3 is 1.42 bits per heavy atom. The SMILES string of the molecule is Oc1ccc(-c2c(-c3ccc(O)cc3)c3c(-c4ccc(O)cc4)c4nc(cc5ccc(cc6nc(cc2n3-c2ccc(O)cc2)C=C6)[nH]5)C=C4)cc1.[Pt]. The van der Waals surface area contributed by atoms with E-state index in [1.54, 1.807) is 48.5 Å². The maximum atomic E-state index is 10.4. The Labute approximate surface area is 318 Å². The van der Waals surface area contributed by atoms with Crippen molar-refractivity contribution in [2.24, 2.45) is 0 Å². The summed E-state index contributed by atoms with van der Waals surface area (Å²) in [5.74, 6) is 0.520. The van der Waals surface area contributed by atoms with Crippen molar-refractivity contribution in [3.8, 4) is 62.1 Å². The minimum atomic E-state index is 0. The monoisotopic (exact) mass is 873 g/mol. The Balaban J connectivity index is 0.00000400. The molecule has 0 saturated heterocycles. The molecule has 9 heteroatoms. The third kappa shape index (κ3) is 6.30. The van der Waals surface area contributed by atoms with Crippen molar-refractivity contribution in [3.63, 3.8) is 0 Å². The van der Waals surface area contributed by atoms with Crippen LogP contribution in [0.1, 0.15) is 22.8 Å². The molecule has 5 heterocycles. The molecule has 0 spiro atoms. The van der Waals surface area contributed by atoms with Crippen molar-refractivity contribution < 1.29 is 41.5 Å². The van der Waals surface area contributed by atoms with Gasteiger partial charge >= 0.3 is 0 Å². The molecule has 5 N–H and O–H groups in total. The molecule has 260 valence electrons. The maximum absolute atomic E-state index is 10.4. The van der Waals surface area contributed by atoms with E-state index in [0.717, 1.165) is 78.2 Å². The molecule has 0 radical (unpaired) electrons. The number of fused-ring (bicyclic) bond motifs is 8. The number of phenolic OH excluding ortho intramolecular Hbond substituents is 4. The standard InChI is InChI=1S/C44H30N4O4.Pt/c49-35-14-1-26(2-15-35)41-39-22-11-32(47-39)24-31-8-7-29(45-31)23-30-9-10-33(46-30)25-40-42(27-3-16-36(50)17-4-27)43(28-5-18-37(51)19-6-28)44(41)48(40)34-12-20-38(52)21-13-34;/h1-25,45,49-52H;. The molecule has 7 aromatic rings. The minimum Gasteiger partial charge on any atom is -0.508 e. The van der Waals surface area contributed by atoms with Crippen molar-refractivity contribution in [3.05, 3.63) is 150 Å². The number of aromatic nitrogens is 4. The van der Waals surface area contributed by atoms with Crippen molar-refractivity contribution in [1.82, 2.24) is 19.5 Å². The van der Waals surface area contributed by atoms with E-state index in [1.807, 2.05) is 103 Å². The fraction of sp³-hybridized carbons (Fsp3) is 0. The van der Waals surface area contributed by atoms with Crippen LogP contribution in [0.5, 0.6) is 23.0 Å². The zero-order chi connectivity index (χ0) is 35.3. The molecule has 2 aliphatic rings. The number of aromatic hydroxyl groups is 4. The van der Waals surface area contributed by atoms with E-state index >= 15 is 0 Å². The van der Waals surface area contributed by atoms with Gasteiger partial charge in [-0.2, -0.15) is 0 Å². The van der Waals surface area contributed by atoms with Gasteiger partial charge in [0, 0.05) is 54.5 Å². The van der Waals surface area contributed by atoms with Gasteiger partial charge in [0.25, 0.3) is 0 Å². The Bertz CT molecular complexity index is 2750. The second kappa shape index (κ2) is 13.5. The summed E-state index contributed by atoms with van der Waals surface area (Å²) in [4.78, 5) is 13.6. The first-order chi connectivity index (χ1) is 25.4. The second-order valence-electron chi connectivity index (χ2n) is 12.7. The van der Waals surface area contributed by atoms with Crippen LogP contribution in [-0.4, -0.2) is 39.9 Å². The van der Waals surface area contributed by atoms with Gasteiger partial charge in [0.1, 0.15) is 23.0 Å². The van der Waals surface area contributed by atoms with Crippen LogP contribution in [0.3, 0.4) is 0 Å². The van der Waals surface area contributed by atoms with Gasteiger partial charge in [-0.25, -0.2) is 9.97 Å². The number of hydrogen-bond donors (Lipinski definition) is 5. The first-order valence-corrected chi connectivity index (χ1v) is 16.7. The molecular formula is C44H30N4O4Pt. The number of phenols is 4. The summed E-state index contributed by atoms with van der Waals surface area (Å²) in [7, 11) is 0. The quantitative estimate of drug-likeness (QED) is 0.120. The van der Waals surface area contributed by atoms with E-state index in [2.05, 4.69) is 9.55 Å². The molecule has 9 rings (SSSR count). The van der Waals surface area contributed by atoms with Crippen LogP contribution in [0, 0.1) is 0 Å². The smallest absolute Gasteiger partial charge is 0.115 e. The summed E-state index contributed by atoms with van der Waals surface area (Å²) in [6.07, 6.45) is 7.92. The van der Waals surface area contributed by atoms with E-state index in [4.69, 9.17) is 9.97 Å². The molecule has 8 bridgehead atoms. The van der Waals surface area contributed by atoms with Gasteiger partial charge in [-0.1, -0.05) is 36.4 Å². The van der Waals surface area contributed by atoms with Crippen molar-refractivity contribution in [1.29, 1.82) is 0 Å². The molecule has 0 saturated carbocycles. The van der Waals surface area contributed by atoms with Crippen LogP contribution in [0.4, 0.5) is 0 Å². The van der Waals surface area contributed by atoms with Crippen molar-refractivity contribution in [2.75, 3.05) is 0 Å². The van der Waals surface area contributed by atoms with Crippen LogP contribution in [0.2, 0.25) is 0 Å². The van der Waals surface area contributed by atoms with E-state index in [1.165, 1.54) is 0 Å². The number of rotatable bonds is 4. The van der Waals surface area contributed by atoms with Crippen molar-refractivity contribution >= 4 is 46.4 Å². The number of benzene rings is 4. The third-order valence-corrected chi connectivity index (χ3v) is 9.24. The predicted octanol–water partition coefficient (Wildman–Crippen LogP) is 9.94. The largest absolute Gasteiger partial charge is 0.508 e. The Kier molecular flexibility index (Phi) is 8.53. The molecule has 3 aromatic heterocycles. The topological polar surface area (TPSA) is 127 Å². The Morgan fingerprint density at radius 2 is 0.868 bits per heavy atom. The number of nitrogens with zero attached hydrogens (tertiary/aromatic N) is 3. The maximum Gasteiger partial charge on any atom is 0.115 e. The summed E-state index contributed by atoms with van der Waals surface area (Å²) in [6, 6.07) is 38.3. The first-order valence-electron chi connectivity index (χ1n) is 16.7. The molecule has 2 aliphatic heterocycles. The summed E-state index contributed by atoms with van der Waals surface area (Å²) >= 11 is 0. The van der Waals surface area contributed by atoms with Gasteiger partial charge in [-0.15, -0.1) is 0 Å². The molecular weight excluding hydrogens is 844 g/mol. The number of hydrogen-bond acceptors (Lipinski definition) is 6. The van der Waals surface area contributed by atoms with Crippen molar-refractivity contribution in [2.45, 2.75) is 0 Å². The number of nitrogens with one attached hydrogen (secondary N) is 1. The van der Waals surface area contributed by atoms with E-state index < -0.39 is 0 Å². The van der Waals surface area contributed by atoms with Crippen LogP contribution >= 0.6 is 0 Å². The van der Waals surface area contributed by atoms with Gasteiger partial charge in [0.05, 0.1) is 33.8 Å². The molecule has 53 heavy (non-hydrogen) atoms. The number of aromatic amines is 1. The fourth-order valence-electron chi connectivity index (χ4n) is 6.91. The summed E-state index contributed by atoms with van der Waals surface area (Å²) in [5.41, 5.74) is 11.9. The van der Waals surface area contributed by atoms with Gasteiger partial charge in [0.15, 0.2) is 0 Å². The molecule has 0 atom stereocenters. The van der Waals surface area contributed by atoms with Gasteiger partial charge in [0.2, 0.25) is 0 Å². The minimum absolute atomic E-state index is 0. The van der Waals surface area contributed by atoms with Crippen LogP contribution in [0.25, 0.3) is 85.4 Å². The summed E-state index contributed by atoms with van der Waals surface area (Å²) < 4.78 is 2.14. The molecule has 0 amide bonds. The molecule has 8 nitrogen and oxygen atoms in total. The first kappa shape index (κ1) is 33.5. The van der Waals surface area contributed by atoms with Crippen LogP contribution in [0.15, 0.2) is 127 Å². The molecule has 0 unspecified atom stereocenters. The van der Waals surface area contributed by atoms with Gasteiger partial charge < -0.3 is 30.0 Å². The Hall–Kier alpha value is -6.63. The second-order valence-corrected chi connectivity index (χ2v) is 12.7. The van der Waals surface area contributed by atoms with Gasteiger partial charge in [-0.05, 0) is 132 Å². The van der Waals surface area contributed by atoms with E-state index in [9.17, 15) is 20.4 Å². The number of H-pyrrole nitrogens is 1. The Morgan fingerprint density at radius 1 is 0.434 bits per heavy atom. The molecule has 0 aliphatic carbocycles. The normalized spacial score (nSPS) is 11.8. The van der Waals surface area contributed by atoms with Crippen LogP contribution in [-0.2, 0) is 21.1 Å². The fourth-order valence-corrected chi connectivity index (χ4v) is 6.91.